The molecule has 0 radical (unpaired) electrons. The maximum atomic E-state index is 10.1. The molecule has 1 aliphatic carbocycles. The summed E-state index contributed by atoms with van der Waals surface area (Å²) in [7, 11) is 0. The van der Waals surface area contributed by atoms with Gasteiger partial charge in [-0.05, 0) is 24.8 Å². The van der Waals surface area contributed by atoms with Gasteiger partial charge in [-0.1, -0.05) is 42.5 Å². The van der Waals surface area contributed by atoms with Gasteiger partial charge in [0.05, 0.1) is 6.10 Å². The summed E-state index contributed by atoms with van der Waals surface area (Å²) < 4.78 is 0. The average molecular weight is 188 g/mol. The molecule has 2 atom stereocenters. The second kappa shape index (κ2) is 4.43. The highest BCUT2D eigenvalue weighted by Crippen LogP contribution is 2.29. The lowest BCUT2D eigenvalue weighted by molar-refractivity contribution is 0.123. The van der Waals surface area contributed by atoms with E-state index in [-0.39, 0.29) is 6.10 Å². The van der Waals surface area contributed by atoms with Crippen LogP contribution in [0, 0.1) is 5.92 Å². The quantitative estimate of drug-likeness (QED) is 0.707. The summed E-state index contributed by atoms with van der Waals surface area (Å²) in [6, 6.07) is 9.92. The minimum absolute atomic E-state index is 0.311. The first-order valence-electron chi connectivity index (χ1n) is 5.27. The van der Waals surface area contributed by atoms with Crippen molar-refractivity contribution in [1.82, 2.24) is 0 Å². The number of rotatable bonds is 2. The Labute approximate surface area is 85.1 Å². The molecule has 1 aromatic rings. The Kier molecular flexibility index (Phi) is 3.00. The third kappa shape index (κ3) is 2.05. The predicted molar refractivity (Wildman–Crippen MR) is 57.9 cm³/mol. The van der Waals surface area contributed by atoms with E-state index in [1.54, 1.807) is 0 Å². The third-order valence-electron chi connectivity index (χ3n) is 2.84. The molecule has 1 nitrogen and oxygen atoms in total. The minimum Gasteiger partial charge on any atom is -0.388 e. The van der Waals surface area contributed by atoms with Crippen molar-refractivity contribution in [3.8, 4) is 0 Å². The Bertz CT molecular complexity index is 302. The zero-order valence-electron chi connectivity index (χ0n) is 8.26. The molecular formula is C13H16O. The number of allylic oxidation sites excluding steroid dienone is 1. The summed E-state index contributed by atoms with van der Waals surface area (Å²) in [5.74, 6) is 0.311. The van der Waals surface area contributed by atoms with Crippen molar-refractivity contribution in [1.29, 1.82) is 0 Å². The van der Waals surface area contributed by atoms with E-state index in [1.807, 2.05) is 30.3 Å². The second-order valence-electron chi connectivity index (χ2n) is 3.88. The smallest absolute Gasteiger partial charge is 0.0852 e. The van der Waals surface area contributed by atoms with Crippen LogP contribution in [0.5, 0.6) is 0 Å². The third-order valence-corrected chi connectivity index (χ3v) is 2.84. The molecule has 14 heavy (non-hydrogen) atoms. The highest BCUT2D eigenvalue weighted by atomic mass is 16.3. The fraction of sp³-hybridized carbons (Fsp3) is 0.385. The number of aliphatic hydroxyl groups is 1. The van der Waals surface area contributed by atoms with Crippen LogP contribution in [-0.4, -0.2) is 5.11 Å². The standard InChI is InChI=1S/C13H16O/c14-13(11-7-3-1-4-8-11)12-9-5-2-6-10-12/h1,3-5,7-9,12-14H,2,6,10H2/t12-,13-/m1/s1. The normalized spacial score (nSPS) is 23.4. The fourth-order valence-electron chi connectivity index (χ4n) is 2.00. The van der Waals surface area contributed by atoms with Crippen LogP contribution in [0.3, 0.4) is 0 Å². The van der Waals surface area contributed by atoms with Crippen LogP contribution in [0.4, 0.5) is 0 Å². The minimum atomic E-state index is -0.326. The molecule has 0 amide bonds. The zero-order valence-corrected chi connectivity index (χ0v) is 8.26. The molecule has 0 bridgehead atoms. The zero-order chi connectivity index (χ0) is 9.80. The van der Waals surface area contributed by atoms with E-state index >= 15 is 0 Å². The molecule has 1 heteroatoms. The molecule has 0 saturated heterocycles. The first kappa shape index (κ1) is 9.47. The number of benzene rings is 1. The lowest BCUT2D eigenvalue weighted by atomic mass is 9.87. The molecule has 0 aliphatic heterocycles. The van der Waals surface area contributed by atoms with Gasteiger partial charge < -0.3 is 5.11 Å². The van der Waals surface area contributed by atoms with E-state index < -0.39 is 0 Å². The summed E-state index contributed by atoms with van der Waals surface area (Å²) >= 11 is 0. The number of hydrogen-bond acceptors (Lipinski definition) is 1. The first-order chi connectivity index (χ1) is 6.88. The summed E-state index contributed by atoms with van der Waals surface area (Å²) in [4.78, 5) is 0. The second-order valence-corrected chi connectivity index (χ2v) is 3.88. The van der Waals surface area contributed by atoms with Gasteiger partial charge in [0.2, 0.25) is 0 Å². The average Bonchev–Trinajstić information content (AvgIpc) is 2.30. The number of hydrogen-bond donors (Lipinski definition) is 1. The van der Waals surface area contributed by atoms with Crippen LogP contribution in [0.2, 0.25) is 0 Å². The maximum Gasteiger partial charge on any atom is 0.0852 e. The van der Waals surface area contributed by atoms with Crippen molar-refractivity contribution in [3.05, 3.63) is 48.0 Å². The Morgan fingerprint density at radius 3 is 2.64 bits per heavy atom. The van der Waals surface area contributed by atoms with Gasteiger partial charge in [0.15, 0.2) is 0 Å². The van der Waals surface area contributed by atoms with Crippen molar-refractivity contribution in [2.75, 3.05) is 0 Å². The Morgan fingerprint density at radius 2 is 2.00 bits per heavy atom. The van der Waals surface area contributed by atoms with Crippen LogP contribution >= 0.6 is 0 Å². The monoisotopic (exact) mass is 188 g/mol. The van der Waals surface area contributed by atoms with Crippen molar-refractivity contribution in [3.63, 3.8) is 0 Å². The fourth-order valence-corrected chi connectivity index (χ4v) is 2.00. The van der Waals surface area contributed by atoms with Gasteiger partial charge in [-0.15, -0.1) is 0 Å². The summed E-state index contributed by atoms with van der Waals surface area (Å²) in [6.45, 7) is 0. The summed E-state index contributed by atoms with van der Waals surface area (Å²) in [6.07, 6.45) is 7.48. The molecule has 0 fully saturated rings. The first-order valence-corrected chi connectivity index (χ1v) is 5.27. The summed E-state index contributed by atoms with van der Waals surface area (Å²) in [5.41, 5.74) is 1.03. The number of aliphatic hydroxyl groups excluding tert-OH is 1. The van der Waals surface area contributed by atoms with Crippen molar-refractivity contribution in [2.24, 2.45) is 5.92 Å². The Morgan fingerprint density at radius 1 is 1.21 bits per heavy atom. The topological polar surface area (TPSA) is 20.2 Å². The van der Waals surface area contributed by atoms with E-state index in [1.165, 1.54) is 6.42 Å². The van der Waals surface area contributed by atoms with E-state index in [0.29, 0.717) is 5.92 Å². The van der Waals surface area contributed by atoms with Crippen LogP contribution < -0.4 is 0 Å². The van der Waals surface area contributed by atoms with Crippen LogP contribution in [-0.2, 0) is 0 Å². The Hall–Kier alpha value is -1.08. The molecule has 1 aliphatic rings. The van der Waals surface area contributed by atoms with E-state index in [0.717, 1.165) is 18.4 Å². The van der Waals surface area contributed by atoms with Crippen LogP contribution in [0.15, 0.2) is 42.5 Å². The van der Waals surface area contributed by atoms with Crippen LogP contribution in [0.25, 0.3) is 0 Å². The molecule has 74 valence electrons. The van der Waals surface area contributed by atoms with Gasteiger partial charge in [0.25, 0.3) is 0 Å². The molecule has 0 saturated carbocycles. The van der Waals surface area contributed by atoms with Gasteiger partial charge in [-0.2, -0.15) is 0 Å². The molecule has 0 unspecified atom stereocenters. The molecule has 1 aromatic carbocycles. The molecule has 1 N–H and O–H groups in total. The highest BCUT2D eigenvalue weighted by molar-refractivity contribution is 5.19. The largest absolute Gasteiger partial charge is 0.388 e. The van der Waals surface area contributed by atoms with E-state index in [4.69, 9.17) is 0 Å². The van der Waals surface area contributed by atoms with Crippen LogP contribution in [0.1, 0.15) is 30.9 Å². The molecular weight excluding hydrogens is 172 g/mol. The SMILES string of the molecule is O[C@H](c1ccccc1)[C@@H]1C=CCCC1. The predicted octanol–water partition coefficient (Wildman–Crippen LogP) is 3.08. The van der Waals surface area contributed by atoms with Crippen molar-refractivity contribution in [2.45, 2.75) is 25.4 Å². The van der Waals surface area contributed by atoms with Crippen molar-refractivity contribution < 1.29 is 5.11 Å². The maximum absolute atomic E-state index is 10.1. The van der Waals surface area contributed by atoms with Gasteiger partial charge in [0.1, 0.15) is 0 Å². The van der Waals surface area contributed by atoms with Gasteiger partial charge in [0, 0.05) is 5.92 Å². The van der Waals surface area contributed by atoms with Gasteiger partial charge in [-0.3, -0.25) is 0 Å². The Balaban J connectivity index is 2.11. The molecule has 0 heterocycles. The highest BCUT2D eigenvalue weighted by Gasteiger charge is 2.19. The lowest BCUT2D eigenvalue weighted by Gasteiger charge is -2.22. The van der Waals surface area contributed by atoms with Gasteiger partial charge in [-0.25, -0.2) is 0 Å². The molecule has 0 aromatic heterocycles. The summed E-state index contributed by atoms with van der Waals surface area (Å²) in [5, 5.41) is 10.1. The van der Waals surface area contributed by atoms with Crippen molar-refractivity contribution >= 4 is 0 Å². The lowest BCUT2D eigenvalue weighted by Crippen LogP contribution is -2.12. The van der Waals surface area contributed by atoms with E-state index in [9.17, 15) is 5.11 Å². The molecule has 0 spiro atoms. The van der Waals surface area contributed by atoms with Gasteiger partial charge >= 0.3 is 0 Å². The van der Waals surface area contributed by atoms with E-state index in [2.05, 4.69) is 12.2 Å². The molecule has 2 rings (SSSR count).